The molecule has 1 N–H and O–H groups in total. The van der Waals surface area contributed by atoms with Crippen LogP contribution in [0.5, 0.6) is 0 Å². The van der Waals surface area contributed by atoms with Crippen molar-refractivity contribution in [2.45, 2.75) is 24.5 Å². The number of carbonyl (C=O) groups excluding carboxylic acids is 2. The second kappa shape index (κ2) is 9.59. The lowest BCUT2D eigenvalue weighted by atomic mass is 10.1. The molecule has 0 saturated carbocycles. The van der Waals surface area contributed by atoms with Crippen molar-refractivity contribution in [2.24, 2.45) is 0 Å². The van der Waals surface area contributed by atoms with Gasteiger partial charge in [0.05, 0.1) is 11.1 Å². The molecule has 1 aliphatic rings. The standard InChI is InChI=1S/C22H19N3O8/c26-17-18(33-21(28)15-9-5-2-6-10-15)16(13-31-20(27)14-7-3-1-4-8-14)32-19(17)24-12-11-23-22(24)25(29)30/h1-12,16-19,26H,13H2/t16-,17-,18-,19?/m1/s1. The smallest absolute Gasteiger partial charge is 0.436 e. The molecule has 1 unspecified atom stereocenters. The average molecular weight is 453 g/mol. The Balaban J connectivity index is 1.55. The van der Waals surface area contributed by atoms with E-state index in [-0.39, 0.29) is 12.2 Å². The number of carbonyl (C=O) groups is 2. The van der Waals surface area contributed by atoms with E-state index >= 15 is 0 Å². The Morgan fingerprint density at radius 1 is 1.06 bits per heavy atom. The van der Waals surface area contributed by atoms with Crippen molar-refractivity contribution in [3.63, 3.8) is 0 Å². The van der Waals surface area contributed by atoms with Crippen LogP contribution in [0.4, 0.5) is 5.95 Å². The molecule has 0 aliphatic carbocycles. The lowest BCUT2D eigenvalue weighted by Crippen LogP contribution is -2.38. The molecule has 170 valence electrons. The van der Waals surface area contributed by atoms with E-state index in [1.165, 1.54) is 24.5 Å². The number of rotatable bonds is 7. The van der Waals surface area contributed by atoms with E-state index in [1.807, 2.05) is 0 Å². The van der Waals surface area contributed by atoms with Crippen molar-refractivity contribution >= 4 is 17.9 Å². The molecular weight excluding hydrogens is 434 g/mol. The molecule has 1 aliphatic heterocycles. The Labute approximate surface area is 187 Å². The number of nitrogens with zero attached hydrogens (tertiary/aromatic N) is 3. The maximum atomic E-state index is 12.6. The molecule has 4 atom stereocenters. The van der Waals surface area contributed by atoms with E-state index in [4.69, 9.17) is 14.2 Å². The van der Waals surface area contributed by atoms with Gasteiger partial charge in [-0.3, -0.25) is 0 Å². The summed E-state index contributed by atoms with van der Waals surface area (Å²) in [5, 5.41) is 22.1. The average Bonchev–Trinajstić information content (AvgIpc) is 3.44. The van der Waals surface area contributed by atoms with E-state index in [9.17, 15) is 24.8 Å². The first-order valence-corrected chi connectivity index (χ1v) is 9.94. The molecule has 11 heteroatoms. The second-order valence-corrected chi connectivity index (χ2v) is 7.15. The molecule has 4 rings (SSSR count). The number of ether oxygens (including phenoxy) is 3. The third kappa shape index (κ3) is 4.73. The van der Waals surface area contributed by atoms with E-state index in [0.29, 0.717) is 5.56 Å². The van der Waals surface area contributed by atoms with Gasteiger partial charge in [-0.1, -0.05) is 41.4 Å². The predicted octanol–water partition coefficient (Wildman–Crippen LogP) is 2.13. The lowest BCUT2D eigenvalue weighted by Gasteiger charge is -2.20. The lowest BCUT2D eigenvalue weighted by molar-refractivity contribution is -0.398. The van der Waals surface area contributed by atoms with Crippen molar-refractivity contribution in [2.75, 3.05) is 6.61 Å². The van der Waals surface area contributed by atoms with Crippen LogP contribution >= 0.6 is 0 Å². The number of aliphatic hydroxyl groups excluding tert-OH is 1. The summed E-state index contributed by atoms with van der Waals surface area (Å²) in [6, 6.07) is 16.3. The first kappa shape index (κ1) is 22.1. The van der Waals surface area contributed by atoms with E-state index < -0.39 is 47.4 Å². The minimum absolute atomic E-state index is 0.238. The Hall–Kier alpha value is -4.09. The highest BCUT2D eigenvalue weighted by Gasteiger charge is 2.50. The fourth-order valence-corrected chi connectivity index (χ4v) is 3.46. The molecule has 0 spiro atoms. The van der Waals surface area contributed by atoms with Crippen molar-refractivity contribution in [1.29, 1.82) is 0 Å². The number of aliphatic hydroxyl groups is 1. The maximum Gasteiger partial charge on any atom is 0.436 e. The largest absolute Gasteiger partial charge is 0.459 e. The quantitative estimate of drug-likeness (QED) is 0.323. The topological polar surface area (TPSA) is 143 Å². The van der Waals surface area contributed by atoms with E-state index in [1.54, 1.807) is 48.5 Å². The van der Waals surface area contributed by atoms with Crippen LogP contribution in [-0.4, -0.2) is 56.4 Å². The van der Waals surface area contributed by atoms with Crippen LogP contribution in [0.15, 0.2) is 73.1 Å². The second-order valence-electron chi connectivity index (χ2n) is 7.15. The van der Waals surface area contributed by atoms with Crippen molar-refractivity contribution in [1.82, 2.24) is 9.55 Å². The summed E-state index contributed by atoms with van der Waals surface area (Å²) in [5.74, 6) is -1.93. The molecule has 1 fully saturated rings. The minimum atomic E-state index is -1.49. The van der Waals surface area contributed by atoms with Gasteiger partial charge in [0.25, 0.3) is 0 Å². The zero-order valence-electron chi connectivity index (χ0n) is 17.1. The van der Waals surface area contributed by atoms with Crippen LogP contribution in [-0.2, 0) is 14.2 Å². The molecule has 0 radical (unpaired) electrons. The minimum Gasteiger partial charge on any atom is -0.459 e. The molecule has 1 saturated heterocycles. The highest BCUT2D eigenvalue weighted by atomic mass is 16.6. The number of hydrogen-bond acceptors (Lipinski definition) is 9. The number of aromatic nitrogens is 2. The summed E-state index contributed by atoms with van der Waals surface area (Å²) in [5.41, 5.74) is 0.539. The Morgan fingerprint density at radius 2 is 1.67 bits per heavy atom. The zero-order valence-corrected chi connectivity index (χ0v) is 17.1. The van der Waals surface area contributed by atoms with E-state index in [2.05, 4.69) is 4.98 Å². The zero-order chi connectivity index (χ0) is 23.4. The molecule has 0 amide bonds. The Morgan fingerprint density at radius 3 is 2.27 bits per heavy atom. The highest BCUT2D eigenvalue weighted by molar-refractivity contribution is 5.90. The molecule has 0 bridgehead atoms. The summed E-state index contributed by atoms with van der Waals surface area (Å²) in [7, 11) is 0. The van der Waals surface area contributed by atoms with Gasteiger partial charge < -0.3 is 29.4 Å². The van der Waals surface area contributed by atoms with Crippen LogP contribution in [0.3, 0.4) is 0 Å². The van der Waals surface area contributed by atoms with E-state index in [0.717, 1.165) is 4.57 Å². The number of imidazole rings is 1. The molecule has 2 aromatic carbocycles. The maximum absolute atomic E-state index is 12.6. The van der Waals surface area contributed by atoms with Crippen molar-refractivity contribution in [3.8, 4) is 0 Å². The molecule has 3 aromatic rings. The Bertz CT molecular complexity index is 1130. The molecular formula is C22H19N3O8. The molecule has 1 aromatic heterocycles. The third-order valence-corrected chi connectivity index (χ3v) is 5.04. The molecule has 11 nitrogen and oxygen atoms in total. The van der Waals surface area contributed by atoms with Crippen molar-refractivity contribution in [3.05, 3.63) is 94.3 Å². The highest BCUT2D eigenvalue weighted by Crippen LogP contribution is 2.34. The molecule has 33 heavy (non-hydrogen) atoms. The van der Waals surface area contributed by atoms with Gasteiger partial charge in [-0.25, -0.2) is 9.59 Å². The van der Waals surface area contributed by atoms with Gasteiger partial charge in [-0.05, 0) is 29.2 Å². The van der Waals surface area contributed by atoms with Gasteiger partial charge in [-0.2, -0.15) is 4.57 Å². The number of nitro groups is 1. The number of hydrogen-bond donors (Lipinski definition) is 1. The summed E-state index contributed by atoms with van der Waals surface area (Å²) >= 11 is 0. The van der Waals surface area contributed by atoms with Gasteiger partial charge in [0.1, 0.15) is 25.1 Å². The van der Waals surface area contributed by atoms with Gasteiger partial charge in [0.2, 0.25) is 6.23 Å². The van der Waals surface area contributed by atoms with Crippen LogP contribution < -0.4 is 0 Å². The predicted molar refractivity (Wildman–Crippen MR) is 111 cm³/mol. The fraction of sp³-hybridized carbons (Fsp3) is 0.227. The summed E-state index contributed by atoms with van der Waals surface area (Å²) in [6.07, 6.45) is -2.70. The SMILES string of the molecule is O=C(OC[C@H]1OC(n2ccnc2[N+](=O)[O-])[C@H](O)[C@@H]1OC(=O)c1ccccc1)c1ccccc1. The monoisotopic (exact) mass is 453 g/mol. The number of benzene rings is 2. The van der Waals surface area contributed by atoms with Gasteiger partial charge in [0.15, 0.2) is 12.2 Å². The Kier molecular flexibility index (Phi) is 6.43. The summed E-state index contributed by atoms with van der Waals surface area (Å²) in [6.45, 7) is -0.365. The van der Waals surface area contributed by atoms with Gasteiger partial charge >= 0.3 is 17.9 Å². The summed E-state index contributed by atoms with van der Waals surface area (Å²) < 4.78 is 17.6. The van der Waals surface area contributed by atoms with Crippen molar-refractivity contribution < 1.29 is 33.8 Å². The number of esters is 2. The van der Waals surface area contributed by atoms with Gasteiger partial charge in [0, 0.05) is 0 Å². The van der Waals surface area contributed by atoms with Crippen LogP contribution in [0.1, 0.15) is 26.9 Å². The first-order chi connectivity index (χ1) is 16.0. The normalized spacial score (nSPS) is 22.0. The van der Waals surface area contributed by atoms with Crippen LogP contribution in [0, 0.1) is 10.1 Å². The van der Waals surface area contributed by atoms with Crippen LogP contribution in [0.2, 0.25) is 0 Å². The first-order valence-electron chi connectivity index (χ1n) is 9.94. The van der Waals surface area contributed by atoms with Gasteiger partial charge in [-0.15, -0.1) is 0 Å². The molecule has 2 heterocycles. The fourth-order valence-electron chi connectivity index (χ4n) is 3.46. The third-order valence-electron chi connectivity index (χ3n) is 5.04. The summed E-state index contributed by atoms with van der Waals surface area (Å²) in [4.78, 5) is 39.1. The van der Waals surface area contributed by atoms with Crippen LogP contribution in [0.25, 0.3) is 0 Å².